The predicted molar refractivity (Wildman–Crippen MR) is 219 cm³/mol. The van der Waals surface area contributed by atoms with E-state index in [0.717, 1.165) is 122 Å². The van der Waals surface area contributed by atoms with Crippen LogP contribution < -0.4 is 9.64 Å². The topological polar surface area (TPSA) is 42.4 Å². The molecule has 2 aromatic rings. The van der Waals surface area contributed by atoms with Gasteiger partial charge in [0.05, 0.1) is 12.7 Å². The highest BCUT2D eigenvalue weighted by Crippen LogP contribution is 2.52. The van der Waals surface area contributed by atoms with E-state index in [9.17, 15) is 5.11 Å². The average molecular weight is 711 g/mol. The maximum atomic E-state index is 12.5. The minimum Gasteiger partial charge on any atom is -0.494 e. The van der Waals surface area contributed by atoms with Gasteiger partial charge >= 0.3 is 0 Å². The molecule has 6 nitrogen and oxygen atoms in total. The fraction of sp³-hybridized carbons (Fsp3) is 0.721. The minimum atomic E-state index is -0.433. The van der Waals surface area contributed by atoms with Crippen molar-refractivity contribution in [2.45, 2.75) is 116 Å². The molecule has 3 rings (SSSR count). The highest BCUT2D eigenvalue weighted by atomic mass is 32.2. The predicted octanol–water partition coefficient (Wildman–Crippen LogP) is 9.25. The molecule has 0 aromatic heterocycles. The number of aliphatic hydroxyl groups excluding tert-OH is 1. The van der Waals surface area contributed by atoms with Gasteiger partial charge in [-0.15, -0.1) is 11.8 Å². The van der Waals surface area contributed by atoms with E-state index < -0.39 is 6.10 Å². The summed E-state index contributed by atoms with van der Waals surface area (Å²) in [5, 5.41) is 12.5. The van der Waals surface area contributed by atoms with E-state index in [1.54, 1.807) is 0 Å². The summed E-state index contributed by atoms with van der Waals surface area (Å²) in [5.41, 5.74) is 3.55. The molecule has 0 fully saturated rings. The van der Waals surface area contributed by atoms with Gasteiger partial charge in [-0.2, -0.15) is 0 Å². The van der Waals surface area contributed by atoms with Gasteiger partial charge in [0.1, 0.15) is 5.75 Å². The smallest absolute Gasteiger partial charge is 0.119 e. The number of thioether (sulfide) groups is 1. The van der Waals surface area contributed by atoms with Crippen LogP contribution in [0.3, 0.4) is 0 Å². The monoisotopic (exact) mass is 711 g/mol. The summed E-state index contributed by atoms with van der Waals surface area (Å²) in [5.74, 6) is 1.84. The molecule has 0 radical (unpaired) electrons. The van der Waals surface area contributed by atoms with E-state index in [2.05, 4.69) is 118 Å². The van der Waals surface area contributed by atoms with Crippen LogP contribution in [0.5, 0.6) is 5.75 Å². The van der Waals surface area contributed by atoms with Gasteiger partial charge in [0, 0.05) is 67.9 Å². The summed E-state index contributed by atoms with van der Waals surface area (Å²) < 4.78 is 6.29. The molecular weight excluding hydrogens is 637 g/mol. The second-order valence-corrected chi connectivity index (χ2v) is 15.8. The van der Waals surface area contributed by atoms with Crippen LogP contribution in [0.4, 0.5) is 5.69 Å². The zero-order chi connectivity index (χ0) is 36.4. The molecule has 1 N–H and O–H groups in total. The average Bonchev–Trinajstić information content (AvgIpc) is 3.25. The van der Waals surface area contributed by atoms with Crippen LogP contribution >= 0.6 is 11.8 Å². The molecule has 1 aliphatic heterocycles. The van der Waals surface area contributed by atoms with Crippen LogP contribution in [-0.2, 0) is 0 Å². The molecular formula is C43H74N4O2S. The number of aliphatic hydroxyl groups is 1. The maximum absolute atomic E-state index is 12.5. The first-order valence-electron chi connectivity index (χ1n) is 20.3. The Morgan fingerprint density at radius 1 is 0.700 bits per heavy atom. The van der Waals surface area contributed by atoms with Crippen molar-refractivity contribution in [3.8, 4) is 5.75 Å². The van der Waals surface area contributed by atoms with Gasteiger partial charge < -0.3 is 29.4 Å². The van der Waals surface area contributed by atoms with E-state index in [4.69, 9.17) is 4.74 Å². The molecule has 0 bridgehead atoms. The molecule has 1 aliphatic rings. The largest absolute Gasteiger partial charge is 0.494 e. The zero-order valence-electron chi connectivity index (χ0n) is 33.4. The van der Waals surface area contributed by atoms with Gasteiger partial charge in [0.25, 0.3) is 0 Å². The van der Waals surface area contributed by atoms with Gasteiger partial charge in [0.15, 0.2) is 0 Å². The fourth-order valence-electron chi connectivity index (χ4n) is 7.56. The second-order valence-electron chi connectivity index (χ2n) is 14.8. The van der Waals surface area contributed by atoms with Crippen molar-refractivity contribution < 1.29 is 9.84 Å². The van der Waals surface area contributed by atoms with Gasteiger partial charge in [-0.1, -0.05) is 79.4 Å². The molecule has 1 heterocycles. The number of fused-ring (bicyclic) bond motifs is 1. The first-order chi connectivity index (χ1) is 24.2. The number of likely N-dealkylation sites (N-methyl/N-ethyl adjacent to an activating group) is 2. The van der Waals surface area contributed by atoms with Crippen molar-refractivity contribution in [2.75, 3.05) is 90.3 Å². The molecule has 0 saturated carbocycles. The summed E-state index contributed by atoms with van der Waals surface area (Å²) >= 11 is 1.96. The Bertz CT molecular complexity index is 1160. The zero-order valence-corrected chi connectivity index (χ0v) is 34.2. The number of benzene rings is 2. The Balaban J connectivity index is 1.66. The molecule has 0 amide bonds. The van der Waals surface area contributed by atoms with Crippen LogP contribution in [0.1, 0.15) is 116 Å². The molecule has 2 atom stereocenters. The van der Waals surface area contributed by atoms with E-state index in [0.29, 0.717) is 0 Å². The van der Waals surface area contributed by atoms with Crippen molar-refractivity contribution in [1.82, 2.24) is 14.7 Å². The first-order valence-corrected chi connectivity index (χ1v) is 21.3. The third-order valence-electron chi connectivity index (χ3n) is 11.2. The Morgan fingerprint density at radius 3 is 1.82 bits per heavy atom. The lowest BCUT2D eigenvalue weighted by Crippen LogP contribution is -2.41. The molecule has 7 heteroatoms. The van der Waals surface area contributed by atoms with Crippen molar-refractivity contribution >= 4 is 17.4 Å². The van der Waals surface area contributed by atoms with Gasteiger partial charge in [-0.05, 0) is 106 Å². The number of unbranched alkanes of at least 4 members (excludes halogenated alkanes) is 4. The SMILES string of the molecule is CCCCC1(CCCC)CSc2ccc(N(C)C)cc2[C@@H](c2ccc(OCCCCCN(CCN(CC)CC)CCN(CC)CC)cc2)[C@H]1O. The summed E-state index contributed by atoms with van der Waals surface area (Å²) in [7, 11) is 4.21. The molecule has 0 unspecified atom stereocenters. The molecule has 0 aliphatic carbocycles. The Hall–Kier alpha value is -1.77. The molecule has 2 aromatic carbocycles. The number of ether oxygens (including phenoxy) is 1. The number of rotatable bonds is 25. The number of anilines is 1. The lowest BCUT2D eigenvalue weighted by Gasteiger charge is -2.40. The van der Waals surface area contributed by atoms with Crippen LogP contribution in [0, 0.1) is 5.41 Å². The van der Waals surface area contributed by atoms with Gasteiger partial charge in [0.2, 0.25) is 0 Å². The minimum absolute atomic E-state index is 0.0610. The van der Waals surface area contributed by atoms with Crippen molar-refractivity contribution in [1.29, 1.82) is 0 Å². The lowest BCUT2D eigenvalue weighted by atomic mass is 9.68. The fourth-order valence-corrected chi connectivity index (χ4v) is 8.98. The lowest BCUT2D eigenvalue weighted by molar-refractivity contribution is 0.0135. The highest BCUT2D eigenvalue weighted by molar-refractivity contribution is 7.99. The molecule has 0 saturated heterocycles. The van der Waals surface area contributed by atoms with Crippen molar-refractivity contribution in [3.63, 3.8) is 0 Å². The van der Waals surface area contributed by atoms with Crippen LogP contribution in [0.25, 0.3) is 0 Å². The highest BCUT2D eigenvalue weighted by Gasteiger charge is 2.45. The van der Waals surface area contributed by atoms with E-state index in [1.165, 1.54) is 34.6 Å². The Labute approximate surface area is 312 Å². The van der Waals surface area contributed by atoms with Gasteiger partial charge in [-0.25, -0.2) is 0 Å². The molecule has 0 spiro atoms. The molecule has 284 valence electrons. The van der Waals surface area contributed by atoms with Crippen molar-refractivity contribution in [3.05, 3.63) is 53.6 Å². The quantitative estimate of drug-likeness (QED) is 0.103. The number of nitrogens with zero attached hydrogens (tertiary/aromatic N) is 4. The van der Waals surface area contributed by atoms with Crippen LogP contribution in [-0.4, -0.2) is 111 Å². The third kappa shape index (κ3) is 12.7. The summed E-state index contributed by atoms with van der Waals surface area (Å²) in [4.78, 5) is 11.2. The standard InChI is InChI=1S/C43H74N4O2S/c1-9-15-26-43(27-16-10-2)35-50-40-25-22-37(44(7)8)34-39(40)41(42(43)48)36-20-23-38(24-21-36)49-33-19-17-18-28-47(31-29-45(11-3)12-4)32-30-46(13-5)14-6/h20-25,34,41-42,48H,9-19,26-33,35H2,1-8H3/t41-,42-/m1/s1. The first kappa shape index (κ1) is 42.6. The number of hydrogen-bond donors (Lipinski definition) is 1. The van der Waals surface area contributed by atoms with E-state index >= 15 is 0 Å². The second kappa shape index (κ2) is 23.0. The normalized spacial score (nSPS) is 17.4. The molecule has 50 heavy (non-hydrogen) atoms. The summed E-state index contributed by atoms with van der Waals surface area (Å²) in [6.07, 6.45) is 9.81. The van der Waals surface area contributed by atoms with Crippen LogP contribution in [0.2, 0.25) is 0 Å². The van der Waals surface area contributed by atoms with Crippen molar-refractivity contribution in [2.24, 2.45) is 5.41 Å². The summed E-state index contributed by atoms with van der Waals surface area (Å²) in [6.45, 7) is 24.6. The number of hydrogen-bond acceptors (Lipinski definition) is 7. The maximum Gasteiger partial charge on any atom is 0.119 e. The van der Waals surface area contributed by atoms with Gasteiger partial charge in [-0.3, -0.25) is 0 Å². The Morgan fingerprint density at radius 2 is 1.28 bits per heavy atom. The Kier molecular flexibility index (Phi) is 19.6. The van der Waals surface area contributed by atoms with Crippen LogP contribution in [0.15, 0.2) is 47.4 Å². The third-order valence-corrected chi connectivity index (χ3v) is 12.6. The van der Waals surface area contributed by atoms with E-state index in [-0.39, 0.29) is 11.3 Å². The van der Waals surface area contributed by atoms with E-state index in [1.807, 2.05) is 11.8 Å². The summed E-state index contributed by atoms with van der Waals surface area (Å²) in [6, 6.07) is 15.6.